The molecule has 0 spiro atoms. The maximum Gasteiger partial charge on any atom is 0.324 e. The van der Waals surface area contributed by atoms with Gasteiger partial charge in [-0.2, -0.15) is 0 Å². The standard InChI is InChI=1S/C13H27N3O2/c1-5-18-13(17)12(14-11-6-7-11)10-16(4)9-8-15(2)3/h11-12,14H,5-10H2,1-4H3. The summed E-state index contributed by atoms with van der Waals surface area (Å²) in [6, 6.07) is 0.325. The number of nitrogens with zero attached hydrogens (tertiary/aromatic N) is 2. The summed E-state index contributed by atoms with van der Waals surface area (Å²) in [5.74, 6) is -0.124. The van der Waals surface area contributed by atoms with Crippen LogP contribution in [0.2, 0.25) is 0 Å². The molecule has 0 aromatic carbocycles. The molecule has 0 aromatic rings. The summed E-state index contributed by atoms with van der Waals surface area (Å²) in [7, 11) is 6.16. The number of hydrogen-bond donors (Lipinski definition) is 1. The van der Waals surface area contributed by atoms with E-state index in [-0.39, 0.29) is 12.0 Å². The Morgan fingerprint density at radius 3 is 2.50 bits per heavy atom. The fraction of sp³-hybridized carbons (Fsp3) is 0.923. The van der Waals surface area contributed by atoms with Crippen molar-refractivity contribution in [2.24, 2.45) is 0 Å². The number of likely N-dealkylation sites (N-methyl/N-ethyl adjacent to an activating group) is 2. The summed E-state index contributed by atoms with van der Waals surface area (Å²) in [5, 5.41) is 3.36. The molecule has 1 fully saturated rings. The average molecular weight is 257 g/mol. The normalized spacial score (nSPS) is 17.2. The maximum absolute atomic E-state index is 11.9. The van der Waals surface area contributed by atoms with Gasteiger partial charge in [0.25, 0.3) is 0 Å². The van der Waals surface area contributed by atoms with Crippen molar-refractivity contribution >= 4 is 5.97 Å². The number of nitrogens with one attached hydrogen (secondary N) is 1. The first kappa shape index (κ1) is 15.4. The molecule has 1 atom stereocenters. The quantitative estimate of drug-likeness (QED) is 0.596. The van der Waals surface area contributed by atoms with Crippen LogP contribution in [0.3, 0.4) is 0 Å². The van der Waals surface area contributed by atoms with E-state index in [1.54, 1.807) is 0 Å². The zero-order chi connectivity index (χ0) is 13.5. The van der Waals surface area contributed by atoms with Crippen molar-refractivity contribution in [1.82, 2.24) is 15.1 Å². The van der Waals surface area contributed by atoms with Crippen molar-refractivity contribution < 1.29 is 9.53 Å². The molecule has 0 heterocycles. The number of carbonyl (C=O) groups is 1. The molecule has 1 N–H and O–H groups in total. The van der Waals surface area contributed by atoms with E-state index < -0.39 is 0 Å². The van der Waals surface area contributed by atoms with Crippen LogP contribution in [0.1, 0.15) is 19.8 Å². The average Bonchev–Trinajstić information content (AvgIpc) is 3.09. The fourth-order valence-corrected chi connectivity index (χ4v) is 1.75. The van der Waals surface area contributed by atoms with E-state index >= 15 is 0 Å². The lowest BCUT2D eigenvalue weighted by atomic mass is 10.2. The van der Waals surface area contributed by atoms with Gasteiger partial charge in [0.15, 0.2) is 0 Å². The van der Waals surface area contributed by atoms with Gasteiger partial charge < -0.3 is 19.9 Å². The molecule has 5 heteroatoms. The predicted octanol–water partition coefficient (Wildman–Crippen LogP) is 0.164. The van der Waals surface area contributed by atoms with E-state index in [9.17, 15) is 4.79 Å². The molecule has 1 unspecified atom stereocenters. The first-order valence-corrected chi connectivity index (χ1v) is 6.79. The number of rotatable bonds is 9. The summed E-state index contributed by atoms with van der Waals surface area (Å²) < 4.78 is 5.12. The van der Waals surface area contributed by atoms with Crippen molar-refractivity contribution in [3.8, 4) is 0 Å². The highest BCUT2D eigenvalue weighted by Crippen LogP contribution is 2.19. The second kappa shape index (κ2) is 7.71. The first-order valence-electron chi connectivity index (χ1n) is 6.79. The Balaban J connectivity index is 2.35. The van der Waals surface area contributed by atoms with E-state index in [2.05, 4.69) is 29.2 Å². The third-order valence-electron chi connectivity index (χ3n) is 3.01. The van der Waals surface area contributed by atoms with Crippen LogP contribution >= 0.6 is 0 Å². The smallest absolute Gasteiger partial charge is 0.324 e. The molecule has 1 aliphatic rings. The van der Waals surface area contributed by atoms with Gasteiger partial charge in [0, 0.05) is 25.7 Å². The van der Waals surface area contributed by atoms with Crippen LogP contribution in [-0.4, -0.2) is 75.2 Å². The van der Waals surface area contributed by atoms with Crippen LogP contribution in [0, 0.1) is 0 Å². The van der Waals surface area contributed by atoms with Gasteiger partial charge in [-0.25, -0.2) is 0 Å². The second-order valence-corrected chi connectivity index (χ2v) is 5.31. The highest BCUT2D eigenvalue weighted by molar-refractivity contribution is 5.76. The van der Waals surface area contributed by atoms with E-state index in [0.717, 1.165) is 13.1 Å². The Morgan fingerprint density at radius 2 is 2.00 bits per heavy atom. The third-order valence-corrected chi connectivity index (χ3v) is 3.01. The molecular weight excluding hydrogens is 230 g/mol. The molecule has 1 saturated carbocycles. The lowest BCUT2D eigenvalue weighted by Crippen LogP contribution is -2.47. The minimum Gasteiger partial charge on any atom is -0.465 e. The molecule has 0 aromatic heterocycles. The molecule has 106 valence electrons. The van der Waals surface area contributed by atoms with Crippen LogP contribution < -0.4 is 5.32 Å². The predicted molar refractivity (Wildman–Crippen MR) is 72.6 cm³/mol. The Labute approximate surface area is 110 Å². The van der Waals surface area contributed by atoms with Crippen molar-refractivity contribution in [2.45, 2.75) is 31.8 Å². The number of esters is 1. The molecular formula is C13H27N3O2. The number of ether oxygens (including phenoxy) is 1. The largest absolute Gasteiger partial charge is 0.465 e. The molecule has 0 aliphatic heterocycles. The molecule has 1 aliphatic carbocycles. The van der Waals surface area contributed by atoms with Gasteiger partial charge >= 0.3 is 5.97 Å². The zero-order valence-corrected chi connectivity index (χ0v) is 12.1. The van der Waals surface area contributed by atoms with Gasteiger partial charge in [0.1, 0.15) is 6.04 Å². The van der Waals surface area contributed by atoms with Gasteiger partial charge in [0.05, 0.1) is 6.61 Å². The maximum atomic E-state index is 11.9. The Bertz CT molecular complexity index is 255. The fourth-order valence-electron chi connectivity index (χ4n) is 1.75. The summed E-state index contributed by atoms with van der Waals surface area (Å²) in [6.07, 6.45) is 2.36. The van der Waals surface area contributed by atoms with E-state index in [1.165, 1.54) is 12.8 Å². The highest BCUT2D eigenvalue weighted by atomic mass is 16.5. The SMILES string of the molecule is CCOC(=O)C(CN(C)CCN(C)C)NC1CC1. The van der Waals surface area contributed by atoms with Crippen LogP contribution in [-0.2, 0) is 9.53 Å². The number of carbonyl (C=O) groups excluding carboxylic acids is 1. The van der Waals surface area contributed by atoms with Crippen LogP contribution in [0.5, 0.6) is 0 Å². The van der Waals surface area contributed by atoms with Gasteiger partial charge in [-0.05, 0) is 40.9 Å². The van der Waals surface area contributed by atoms with Crippen molar-refractivity contribution in [1.29, 1.82) is 0 Å². The zero-order valence-electron chi connectivity index (χ0n) is 12.1. The Kier molecular flexibility index (Phi) is 6.60. The topological polar surface area (TPSA) is 44.8 Å². The lowest BCUT2D eigenvalue weighted by Gasteiger charge is -2.24. The van der Waals surface area contributed by atoms with Crippen molar-refractivity contribution in [3.63, 3.8) is 0 Å². The Morgan fingerprint density at radius 1 is 1.33 bits per heavy atom. The van der Waals surface area contributed by atoms with E-state index in [4.69, 9.17) is 4.74 Å². The van der Waals surface area contributed by atoms with Gasteiger partial charge in [-0.3, -0.25) is 4.79 Å². The number of hydrogen-bond acceptors (Lipinski definition) is 5. The van der Waals surface area contributed by atoms with Gasteiger partial charge in [-0.1, -0.05) is 0 Å². The third kappa shape index (κ3) is 6.33. The molecule has 5 nitrogen and oxygen atoms in total. The van der Waals surface area contributed by atoms with E-state index in [1.807, 2.05) is 14.0 Å². The summed E-state index contributed by atoms with van der Waals surface area (Å²) >= 11 is 0. The van der Waals surface area contributed by atoms with Crippen molar-refractivity contribution in [2.75, 3.05) is 47.4 Å². The minimum atomic E-state index is -0.190. The summed E-state index contributed by atoms with van der Waals surface area (Å²) in [6.45, 7) is 4.96. The monoisotopic (exact) mass is 257 g/mol. The molecule has 18 heavy (non-hydrogen) atoms. The summed E-state index contributed by atoms with van der Waals surface area (Å²) in [4.78, 5) is 16.2. The summed E-state index contributed by atoms with van der Waals surface area (Å²) in [5.41, 5.74) is 0. The molecule has 0 saturated heterocycles. The van der Waals surface area contributed by atoms with Crippen LogP contribution in [0.15, 0.2) is 0 Å². The van der Waals surface area contributed by atoms with Crippen LogP contribution in [0.4, 0.5) is 0 Å². The van der Waals surface area contributed by atoms with Crippen LogP contribution in [0.25, 0.3) is 0 Å². The van der Waals surface area contributed by atoms with Gasteiger partial charge in [-0.15, -0.1) is 0 Å². The first-order chi connectivity index (χ1) is 8.52. The minimum absolute atomic E-state index is 0.124. The molecule has 1 rings (SSSR count). The Hall–Kier alpha value is -0.650. The van der Waals surface area contributed by atoms with E-state index in [0.29, 0.717) is 19.2 Å². The van der Waals surface area contributed by atoms with Crippen molar-refractivity contribution in [3.05, 3.63) is 0 Å². The highest BCUT2D eigenvalue weighted by Gasteiger charge is 2.29. The second-order valence-electron chi connectivity index (χ2n) is 5.31. The lowest BCUT2D eigenvalue weighted by molar-refractivity contribution is -0.146. The van der Waals surface area contributed by atoms with Gasteiger partial charge in [0.2, 0.25) is 0 Å². The molecule has 0 amide bonds. The molecule has 0 radical (unpaired) electrons. The molecule has 0 bridgehead atoms.